The van der Waals surface area contributed by atoms with Crippen LogP contribution in [0, 0.1) is 0 Å². The summed E-state index contributed by atoms with van der Waals surface area (Å²) in [5.41, 5.74) is 16.4. The predicted molar refractivity (Wildman–Crippen MR) is 237 cm³/mol. The number of benzene rings is 7. The van der Waals surface area contributed by atoms with E-state index in [-0.39, 0.29) is 24.2 Å². The Morgan fingerprint density at radius 2 is 1.39 bits per heavy atom. The van der Waals surface area contributed by atoms with E-state index in [9.17, 15) is 0 Å². The van der Waals surface area contributed by atoms with Crippen molar-refractivity contribution in [1.82, 2.24) is 0 Å². The molecule has 7 aromatic carbocycles. The number of rotatable bonds is 2. The normalized spacial score (nSPS) is 17.7. The zero-order valence-electron chi connectivity index (χ0n) is 32.0. The third kappa shape index (κ3) is 4.08. The van der Waals surface area contributed by atoms with E-state index in [1.807, 2.05) is 0 Å². The van der Waals surface area contributed by atoms with Crippen LogP contribution in [0.15, 0.2) is 167 Å². The highest BCUT2D eigenvalue weighted by Gasteiger charge is 2.56. The fraction of sp³-hybridized carbons (Fsp3) is 0.115. The van der Waals surface area contributed by atoms with Gasteiger partial charge in [0, 0.05) is 33.5 Å². The zero-order chi connectivity index (χ0) is 37.7. The average molecular weight is 733 g/mol. The summed E-state index contributed by atoms with van der Waals surface area (Å²) in [6.45, 7) is 6.79. The molecule has 0 bridgehead atoms. The third-order valence-corrected chi connectivity index (χ3v) is 13.1. The van der Waals surface area contributed by atoms with Gasteiger partial charge >= 0.3 is 6.85 Å². The van der Waals surface area contributed by atoms with Gasteiger partial charge < -0.3 is 18.5 Å². The topological polar surface area (TPSA) is 32.8 Å². The number of para-hydroxylation sites is 2. The van der Waals surface area contributed by atoms with E-state index >= 15 is 0 Å². The van der Waals surface area contributed by atoms with E-state index in [1.165, 1.54) is 66.2 Å². The number of allylic oxidation sites excluding steroid dienone is 2. The van der Waals surface area contributed by atoms with Crippen molar-refractivity contribution in [2.24, 2.45) is 0 Å². The number of hydrogen-bond donors (Lipinski definition) is 0. The number of hydrogen-bond acceptors (Lipinski definition) is 4. The lowest BCUT2D eigenvalue weighted by molar-refractivity contribution is 0.590. The second-order valence-corrected chi connectivity index (χ2v) is 17.2. The first-order valence-corrected chi connectivity index (χ1v) is 20.1. The fourth-order valence-electron chi connectivity index (χ4n) is 10.7. The lowest BCUT2D eigenvalue weighted by atomic mass is 9.42. The fourth-order valence-corrected chi connectivity index (χ4v) is 10.7. The quantitative estimate of drug-likeness (QED) is 0.166. The standard InChI is InChI=1S/C52H37BN2O2/c1-52(2,3)32-24-26-40(38(29-32)30-14-5-4-6-15-30)54-41-28-31-16-7-8-17-33(31)45-36-20-13-21-37-46-34-18-9-12-23-43(34)57-51(46)55(49(36)37)53(48(41)45)39-25-27-44-47(50(39)54)35-19-10-11-22-42(35)56-44/h4-29,37,49H,1-3H3. The third-order valence-electron chi connectivity index (χ3n) is 13.1. The van der Waals surface area contributed by atoms with Crippen LogP contribution in [0.4, 0.5) is 22.9 Å². The van der Waals surface area contributed by atoms with Crippen molar-refractivity contribution in [1.29, 1.82) is 0 Å². The summed E-state index contributed by atoms with van der Waals surface area (Å²) in [5.74, 6) is 1.14. The minimum atomic E-state index is -0.115. The predicted octanol–water partition coefficient (Wildman–Crippen LogP) is 12.3. The van der Waals surface area contributed by atoms with Crippen molar-refractivity contribution < 1.29 is 8.83 Å². The number of furan rings is 2. The van der Waals surface area contributed by atoms with Gasteiger partial charge in [0.1, 0.15) is 16.7 Å². The van der Waals surface area contributed by atoms with Gasteiger partial charge in [-0.1, -0.05) is 142 Å². The molecule has 0 fully saturated rings. The molecule has 57 heavy (non-hydrogen) atoms. The summed E-state index contributed by atoms with van der Waals surface area (Å²) in [5, 5.41) is 5.97. The van der Waals surface area contributed by atoms with Crippen LogP contribution in [-0.2, 0) is 5.41 Å². The van der Waals surface area contributed by atoms with Gasteiger partial charge in [-0.05, 0) is 85.8 Å². The Morgan fingerprint density at radius 1 is 0.649 bits per heavy atom. The zero-order valence-corrected chi connectivity index (χ0v) is 32.0. The van der Waals surface area contributed by atoms with Gasteiger partial charge in [-0.3, -0.25) is 0 Å². The second kappa shape index (κ2) is 11.0. The number of fused-ring (bicyclic) bond motifs is 15. The first kappa shape index (κ1) is 31.5. The molecule has 0 saturated carbocycles. The maximum absolute atomic E-state index is 7.01. The molecule has 9 aromatic rings. The van der Waals surface area contributed by atoms with E-state index in [0.717, 1.165) is 44.8 Å². The molecule has 0 amide bonds. The number of nitrogens with zero attached hydrogens (tertiary/aromatic N) is 2. The Bertz CT molecular complexity index is 3270. The molecule has 2 atom stereocenters. The average Bonchev–Trinajstić information content (AvgIpc) is 3.91. The molecule has 4 nitrogen and oxygen atoms in total. The molecular weight excluding hydrogens is 695 g/mol. The monoisotopic (exact) mass is 732 g/mol. The molecule has 5 heterocycles. The second-order valence-electron chi connectivity index (χ2n) is 17.2. The van der Waals surface area contributed by atoms with Crippen LogP contribution in [-0.4, -0.2) is 12.9 Å². The van der Waals surface area contributed by atoms with Crippen molar-refractivity contribution >= 4 is 90.0 Å². The molecule has 270 valence electrons. The molecule has 4 aliphatic rings. The van der Waals surface area contributed by atoms with Crippen LogP contribution in [0.25, 0.3) is 60.4 Å². The summed E-state index contributed by atoms with van der Waals surface area (Å²) in [4.78, 5) is 5.23. The van der Waals surface area contributed by atoms with Crippen molar-refractivity contribution in [3.8, 4) is 11.1 Å². The summed E-state index contributed by atoms with van der Waals surface area (Å²) in [7, 11) is 0. The Balaban J connectivity index is 1.22. The van der Waals surface area contributed by atoms with E-state index < -0.39 is 0 Å². The van der Waals surface area contributed by atoms with Gasteiger partial charge in [-0.2, -0.15) is 0 Å². The molecular formula is C52H37BN2O2. The maximum atomic E-state index is 7.01. The molecule has 2 unspecified atom stereocenters. The first-order valence-electron chi connectivity index (χ1n) is 20.1. The van der Waals surface area contributed by atoms with Gasteiger partial charge in [-0.25, -0.2) is 0 Å². The Hall–Kier alpha value is -6.72. The Labute approximate surface area is 331 Å². The first-order chi connectivity index (χ1) is 27.9. The van der Waals surface area contributed by atoms with Crippen LogP contribution in [0.5, 0.6) is 0 Å². The van der Waals surface area contributed by atoms with Gasteiger partial charge in [0.2, 0.25) is 0 Å². The van der Waals surface area contributed by atoms with Crippen molar-refractivity contribution in [2.45, 2.75) is 38.1 Å². The van der Waals surface area contributed by atoms with E-state index in [4.69, 9.17) is 8.83 Å². The van der Waals surface area contributed by atoms with E-state index in [2.05, 4.69) is 188 Å². The lowest BCUT2D eigenvalue weighted by Crippen LogP contribution is -2.67. The van der Waals surface area contributed by atoms with Crippen LogP contribution in [0.3, 0.4) is 0 Å². The summed E-state index contributed by atoms with van der Waals surface area (Å²) >= 11 is 0. The molecule has 0 saturated heterocycles. The molecule has 13 rings (SSSR count). The van der Waals surface area contributed by atoms with Gasteiger partial charge in [0.25, 0.3) is 0 Å². The van der Waals surface area contributed by atoms with E-state index in [0.29, 0.717) is 0 Å². The highest BCUT2D eigenvalue weighted by atomic mass is 16.4. The van der Waals surface area contributed by atoms with Crippen molar-refractivity contribution in [2.75, 3.05) is 9.71 Å². The highest BCUT2D eigenvalue weighted by Crippen LogP contribution is 2.58. The highest BCUT2D eigenvalue weighted by molar-refractivity contribution is 6.93. The molecule has 1 aliphatic carbocycles. The minimum absolute atomic E-state index is 0.0321. The molecule has 2 aromatic heterocycles. The van der Waals surface area contributed by atoms with Crippen LogP contribution in [0.1, 0.15) is 43.4 Å². The summed E-state index contributed by atoms with van der Waals surface area (Å²) in [6.07, 6.45) is 7.06. The lowest BCUT2D eigenvalue weighted by Gasteiger charge is -2.48. The molecule has 5 heteroatoms. The number of anilines is 4. The maximum Gasteiger partial charge on any atom is 0.331 e. The van der Waals surface area contributed by atoms with Crippen molar-refractivity contribution in [3.63, 3.8) is 0 Å². The minimum Gasteiger partial charge on any atom is -0.456 e. The van der Waals surface area contributed by atoms with Gasteiger partial charge in [-0.15, -0.1) is 0 Å². The van der Waals surface area contributed by atoms with Crippen LogP contribution >= 0.6 is 0 Å². The largest absolute Gasteiger partial charge is 0.456 e. The Morgan fingerprint density at radius 3 is 2.21 bits per heavy atom. The smallest absolute Gasteiger partial charge is 0.331 e. The van der Waals surface area contributed by atoms with Gasteiger partial charge in [0.15, 0.2) is 5.88 Å². The van der Waals surface area contributed by atoms with Crippen LogP contribution < -0.4 is 20.6 Å². The van der Waals surface area contributed by atoms with Crippen LogP contribution in [0.2, 0.25) is 0 Å². The summed E-state index contributed by atoms with van der Waals surface area (Å²) in [6, 6.07) is 51.2. The molecule has 0 N–H and O–H groups in total. The molecule has 0 spiro atoms. The van der Waals surface area contributed by atoms with E-state index in [1.54, 1.807) is 0 Å². The van der Waals surface area contributed by atoms with Crippen molar-refractivity contribution in [3.05, 3.63) is 174 Å². The summed E-state index contributed by atoms with van der Waals surface area (Å²) < 4.78 is 13.7. The SMILES string of the molecule is CC(C)(C)c1ccc(N2c3cc4ccccc4c4c3B(c3ccc5oc6ccccc6c5c32)N2c3oc5ccccc5c3C3C=CC=C4C32)c(-c2ccccc2)c1. The van der Waals surface area contributed by atoms with Gasteiger partial charge in [0.05, 0.1) is 22.8 Å². The molecule has 0 radical (unpaired) electrons. The Kier molecular flexibility index (Phi) is 6.07. The molecule has 3 aliphatic heterocycles.